The molecule has 13 heteroatoms. The van der Waals surface area contributed by atoms with E-state index >= 15 is 0 Å². The zero-order valence-corrected chi connectivity index (χ0v) is 30.4. The standard InChI is InChI=1S/C36H47N5O7S/c1-23-11-9-12-24(2)31(23)29-18-30-38-33(37-29)39-49(44,45)28-14-10-13-25(17-28)32(42)41(26(22-47-30)19-35(3,4)5)21-27-20-40(15-16-46-27)34(43)48-36(6,7)8/h9-14,17-18,26-27H,15-16,19-22H2,1-8H3,(H,37,38,39)/t26-,27+/m1/s1. The quantitative estimate of drug-likeness (QED) is 0.357. The number of hydrogen-bond donors (Lipinski definition) is 1. The third-order valence-corrected chi connectivity index (χ3v) is 9.55. The lowest BCUT2D eigenvalue weighted by Crippen LogP contribution is -2.54. The fourth-order valence-corrected chi connectivity index (χ4v) is 7.11. The molecule has 0 spiro atoms. The monoisotopic (exact) mass is 693 g/mol. The molecule has 12 nitrogen and oxygen atoms in total. The van der Waals surface area contributed by atoms with E-state index in [-0.39, 0.29) is 59.9 Å². The van der Waals surface area contributed by atoms with Crippen molar-refractivity contribution in [1.29, 1.82) is 0 Å². The van der Waals surface area contributed by atoms with Gasteiger partial charge >= 0.3 is 6.09 Å². The van der Waals surface area contributed by atoms with E-state index in [9.17, 15) is 18.0 Å². The molecule has 3 heterocycles. The van der Waals surface area contributed by atoms with E-state index in [1.54, 1.807) is 21.9 Å². The largest absolute Gasteiger partial charge is 0.475 e. The number of amides is 2. The number of benzene rings is 2. The van der Waals surface area contributed by atoms with Crippen LogP contribution in [0.2, 0.25) is 0 Å². The molecule has 1 aromatic heterocycles. The molecule has 0 aliphatic carbocycles. The van der Waals surface area contributed by atoms with Gasteiger partial charge in [-0.3, -0.25) is 4.79 Å². The van der Waals surface area contributed by atoms with Gasteiger partial charge in [-0.25, -0.2) is 22.9 Å². The van der Waals surface area contributed by atoms with Crippen LogP contribution in [0.1, 0.15) is 69.4 Å². The van der Waals surface area contributed by atoms with Crippen molar-refractivity contribution < 1.29 is 32.2 Å². The van der Waals surface area contributed by atoms with E-state index in [1.165, 1.54) is 18.2 Å². The number of rotatable bonds is 4. The first-order valence-electron chi connectivity index (χ1n) is 16.5. The van der Waals surface area contributed by atoms with Gasteiger partial charge in [0, 0.05) is 30.3 Å². The van der Waals surface area contributed by atoms with Crippen LogP contribution in [-0.4, -0.2) is 90.8 Å². The van der Waals surface area contributed by atoms with Gasteiger partial charge in [0.2, 0.25) is 11.8 Å². The molecule has 2 atom stereocenters. The van der Waals surface area contributed by atoms with Crippen molar-refractivity contribution in [2.24, 2.45) is 5.41 Å². The van der Waals surface area contributed by atoms with Crippen molar-refractivity contribution in [2.75, 3.05) is 37.6 Å². The van der Waals surface area contributed by atoms with Crippen molar-refractivity contribution in [3.8, 4) is 17.1 Å². The summed E-state index contributed by atoms with van der Waals surface area (Å²) >= 11 is 0. The highest BCUT2D eigenvalue weighted by atomic mass is 32.2. The Bertz CT molecular complexity index is 1800. The number of nitrogens with one attached hydrogen (secondary N) is 1. The molecule has 3 aromatic rings. The minimum atomic E-state index is -4.20. The van der Waals surface area contributed by atoms with Crippen LogP contribution in [0.3, 0.4) is 0 Å². The van der Waals surface area contributed by atoms with Crippen LogP contribution in [0.4, 0.5) is 10.7 Å². The van der Waals surface area contributed by atoms with E-state index < -0.39 is 33.9 Å². The first-order chi connectivity index (χ1) is 22.9. The van der Waals surface area contributed by atoms with E-state index in [1.807, 2.05) is 52.8 Å². The summed E-state index contributed by atoms with van der Waals surface area (Å²) in [7, 11) is -4.20. The zero-order chi connectivity index (χ0) is 35.7. The first kappa shape index (κ1) is 36.1. The van der Waals surface area contributed by atoms with Crippen LogP contribution in [0.15, 0.2) is 53.4 Å². The molecule has 2 aromatic carbocycles. The third-order valence-electron chi connectivity index (χ3n) is 8.22. The highest BCUT2D eigenvalue weighted by Gasteiger charge is 2.36. The molecule has 0 radical (unpaired) electrons. The van der Waals surface area contributed by atoms with Gasteiger partial charge in [0.15, 0.2) is 0 Å². The normalized spacial score (nSPS) is 19.9. The van der Waals surface area contributed by atoms with Crippen LogP contribution in [0.5, 0.6) is 5.88 Å². The Labute approximate surface area is 289 Å². The molecule has 1 fully saturated rings. The number of morpholine rings is 1. The van der Waals surface area contributed by atoms with E-state index in [2.05, 4.69) is 35.5 Å². The molecule has 264 valence electrons. The van der Waals surface area contributed by atoms with E-state index in [0.29, 0.717) is 18.7 Å². The Morgan fingerprint density at radius 1 is 1.02 bits per heavy atom. The molecule has 4 bridgehead atoms. The van der Waals surface area contributed by atoms with Crippen LogP contribution in [0, 0.1) is 19.3 Å². The fraction of sp³-hybridized carbons (Fsp3) is 0.500. The second kappa shape index (κ2) is 13.9. The summed E-state index contributed by atoms with van der Waals surface area (Å²) in [6, 6.07) is 13.0. The number of ether oxygens (including phenoxy) is 3. The Morgan fingerprint density at radius 3 is 2.39 bits per heavy atom. The molecule has 1 N–H and O–H groups in total. The highest BCUT2D eigenvalue weighted by molar-refractivity contribution is 7.92. The van der Waals surface area contributed by atoms with E-state index in [0.717, 1.165) is 16.7 Å². The zero-order valence-electron chi connectivity index (χ0n) is 29.6. The third kappa shape index (κ3) is 9.07. The van der Waals surface area contributed by atoms with Gasteiger partial charge in [-0.1, -0.05) is 45.0 Å². The van der Waals surface area contributed by atoms with Crippen LogP contribution < -0.4 is 9.46 Å². The highest BCUT2D eigenvalue weighted by Crippen LogP contribution is 2.31. The Balaban J connectivity index is 1.58. The number of sulfonamides is 1. The summed E-state index contributed by atoms with van der Waals surface area (Å²) < 4.78 is 48.0. The van der Waals surface area contributed by atoms with Gasteiger partial charge in [0.05, 0.1) is 35.9 Å². The smallest absolute Gasteiger partial charge is 0.410 e. The SMILES string of the molecule is Cc1cccc(C)c1-c1cc2nc(n1)NS(=O)(=O)c1cccc(c1)C(=O)N(C[C@@H]1CN(C(=O)OC(C)(C)C)CCO1)[C@H](CC(C)(C)C)CO2. The number of hydrogen-bond acceptors (Lipinski definition) is 9. The molecule has 0 saturated carbocycles. The summed E-state index contributed by atoms with van der Waals surface area (Å²) in [5.74, 6) is -0.373. The molecule has 2 aliphatic heterocycles. The summed E-state index contributed by atoms with van der Waals surface area (Å²) in [6.07, 6.45) is -0.436. The maximum atomic E-state index is 14.5. The predicted molar refractivity (Wildman–Crippen MR) is 186 cm³/mol. The van der Waals surface area contributed by atoms with Gasteiger partial charge in [0.25, 0.3) is 15.9 Å². The number of carbonyl (C=O) groups excluding carboxylic acids is 2. The second-order valence-electron chi connectivity index (χ2n) is 14.9. The molecule has 2 aliphatic rings. The fourth-order valence-electron chi connectivity index (χ4n) is 6.12. The molecular formula is C36H47N5O7S. The number of nitrogens with zero attached hydrogens (tertiary/aromatic N) is 4. The maximum Gasteiger partial charge on any atom is 0.410 e. The number of carbonyl (C=O) groups is 2. The van der Waals surface area contributed by atoms with Gasteiger partial charge in [-0.05, 0) is 75.8 Å². The number of aromatic nitrogens is 2. The van der Waals surface area contributed by atoms with Gasteiger partial charge < -0.3 is 24.0 Å². The molecule has 0 unspecified atom stereocenters. The van der Waals surface area contributed by atoms with Gasteiger partial charge in [0.1, 0.15) is 12.2 Å². The summed E-state index contributed by atoms with van der Waals surface area (Å²) in [5, 5.41) is 0. The minimum Gasteiger partial charge on any atom is -0.475 e. The molecule has 1 saturated heterocycles. The summed E-state index contributed by atoms with van der Waals surface area (Å²) in [5.41, 5.74) is 2.55. The van der Waals surface area contributed by atoms with Gasteiger partial charge in [-0.2, -0.15) is 4.98 Å². The lowest BCUT2D eigenvalue weighted by Gasteiger charge is -2.40. The summed E-state index contributed by atoms with van der Waals surface area (Å²) in [4.78, 5) is 39.6. The Kier molecular flexibility index (Phi) is 10.3. The van der Waals surface area contributed by atoms with Crippen molar-refractivity contribution in [3.05, 3.63) is 65.2 Å². The van der Waals surface area contributed by atoms with Crippen LogP contribution >= 0.6 is 0 Å². The molecule has 49 heavy (non-hydrogen) atoms. The topological polar surface area (TPSA) is 140 Å². The molecule has 2 amide bonds. The lowest BCUT2D eigenvalue weighted by molar-refractivity contribution is -0.0555. The van der Waals surface area contributed by atoms with E-state index in [4.69, 9.17) is 14.2 Å². The average Bonchev–Trinajstić information content (AvgIpc) is 3.00. The number of anilines is 1. The summed E-state index contributed by atoms with van der Waals surface area (Å²) in [6.45, 7) is 16.6. The number of fused-ring (bicyclic) bond motifs is 4. The van der Waals surface area contributed by atoms with Crippen molar-refractivity contribution in [1.82, 2.24) is 19.8 Å². The predicted octanol–water partition coefficient (Wildman–Crippen LogP) is 5.84. The Hall–Kier alpha value is -4.23. The second-order valence-corrected chi connectivity index (χ2v) is 16.6. The first-order valence-corrected chi connectivity index (χ1v) is 18.0. The van der Waals surface area contributed by atoms with Crippen molar-refractivity contribution >= 4 is 28.0 Å². The molecular weight excluding hydrogens is 646 g/mol. The number of aryl methyl sites for hydroxylation is 2. The minimum absolute atomic E-state index is 0.0561. The van der Waals surface area contributed by atoms with Crippen LogP contribution in [-0.2, 0) is 19.5 Å². The Morgan fingerprint density at radius 2 is 1.71 bits per heavy atom. The van der Waals surface area contributed by atoms with Crippen molar-refractivity contribution in [3.63, 3.8) is 0 Å². The lowest BCUT2D eigenvalue weighted by atomic mass is 9.87. The molecule has 5 rings (SSSR count). The van der Waals surface area contributed by atoms with Gasteiger partial charge in [-0.15, -0.1) is 0 Å². The maximum absolute atomic E-state index is 14.5. The average molecular weight is 694 g/mol. The van der Waals surface area contributed by atoms with Crippen molar-refractivity contribution in [2.45, 2.75) is 84.5 Å². The van der Waals surface area contributed by atoms with Crippen LogP contribution in [0.25, 0.3) is 11.3 Å².